The molecule has 0 bridgehead atoms. The van der Waals surface area contributed by atoms with E-state index in [0.717, 1.165) is 5.75 Å². The van der Waals surface area contributed by atoms with E-state index in [1.54, 1.807) is 0 Å². The number of hydrogen-bond donors (Lipinski definition) is 0. The standard InChI is InChI=1S/C12H9OPS/c1-2-6-10(7-3-1)14-13-11-8-4-5-9-12(11)15-14/h1-9H. The second-order valence-electron chi connectivity index (χ2n) is 3.22. The molecule has 0 aliphatic carbocycles. The van der Waals surface area contributed by atoms with Gasteiger partial charge in [-0.3, -0.25) is 0 Å². The zero-order chi connectivity index (χ0) is 10.1. The summed E-state index contributed by atoms with van der Waals surface area (Å²) in [5, 5.41) is 1.29. The van der Waals surface area contributed by atoms with Crippen LogP contribution in [0.3, 0.4) is 0 Å². The Balaban J connectivity index is 1.91. The van der Waals surface area contributed by atoms with E-state index < -0.39 is 7.35 Å². The van der Waals surface area contributed by atoms with Crippen LogP contribution in [0.5, 0.6) is 5.75 Å². The molecular formula is C12H9OPS. The first-order chi connectivity index (χ1) is 7.43. The summed E-state index contributed by atoms with van der Waals surface area (Å²) in [7, 11) is -0.550. The maximum Gasteiger partial charge on any atom is 0.184 e. The van der Waals surface area contributed by atoms with E-state index in [0.29, 0.717) is 0 Å². The first-order valence-electron chi connectivity index (χ1n) is 4.74. The van der Waals surface area contributed by atoms with E-state index in [1.807, 2.05) is 29.6 Å². The highest BCUT2D eigenvalue weighted by Crippen LogP contribution is 2.62. The molecule has 3 heteroatoms. The Hall–Kier alpha value is -0.980. The van der Waals surface area contributed by atoms with Crippen LogP contribution < -0.4 is 9.83 Å². The Morgan fingerprint density at radius 1 is 0.867 bits per heavy atom. The molecule has 1 heterocycles. The highest BCUT2D eigenvalue weighted by Gasteiger charge is 2.25. The zero-order valence-electron chi connectivity index (χ0n) is 7.96. The maximum atomic E-state index is 5.92. The maximum absolute atomic E-state index is 5.92. The molecule has 3 rings (SSSR count). The molecule has 1 atom stereocenters. The lowest BCUT2D eigenvalue weighted by molar-refractivity contribution is 0.626. The molecule has 0 radical (unpaired) electrons. The minimum absolute atomic E-state index is 0.550. The van der Waals surface area contributed by atoms with Crippen LogP contribution in [-0.2, 0) is 0 Å². The minimum atomic E-state index is -0.550. The normalized spacial score (nSPS) is 18.3. The van der Waals surface area contributed by atoms with E-state index >= 15 is 0 Å². The summed E-state index contributed by atoms with van der Waals surface area (Å²) in [6.07, 6.45) is 0. The summed E-state index contributed by atoms with van der Waals surface area (Å²) in [6.45, 7) is 0. The van der Waals surface area contributed by atoms with Crippen molar-refractivity contribution < 1.29 is 4.52 Å². The molecule has 0 spiro atoms. The molecule has 0 saturated carbocycles. The fourth-order valence-electron chi connectivity index (χ4n) is 1.45. The van der Waals surface area contributed by atoms with Crippen LogP contribution >= 0.6 is 18.7 Å². The van der Waals surface area contributed by atoms with E-state index in [9.17, 15) is 0 Å². The van der Waals surface area contributed by atoms with Crippen LogP contribution in [0.1, 0.15) is 0 Å². The van der Waals surface area contributed by atoms with Gasteiger partial charge in [0.1, 0.15) is 5.75 Å². The Morgan fingerprint density at radius 3 is 2.40 bits per heavy atom. The molecule has 2 aromatic carbocycles. The van der Waals surface area contributed by atoms with Crippen molar-refractivity contribution >= 4 is 24.0 Å². The third-order valence-corrected chi connectivity index (χ3v) is 5.90. The van der Waals surface area contributed by atoms with Gasteiger partial charge in [0.2, 0.25) is 0 Å². The van der Waals surface area contributed by atoms with Crippen molar-refractivity contribution in [1.29, 1.82) is 0 Å². The summed E-state index contributed by atoms with van der Waals surface area (Å²) in [5.41, 5.74) is 0. The van der Waals surface area contributed by atoms with Crippen LogP contribution in [0.15, 0.2) is 59.5 Å². The lowest BCUT2D eigenvalue weighted by atomic mass is 10.3. The van der Waals surface area contributed by atoms with Crippen LogP contribution in [0.2, 0.25) is 0 Å². The first-order valence-corrected chi connectivity index (χ1v) is 7.42. The van der Waals surface area contributed by atoms with Crippen molar-refractivity contribution in [1.82, 2.24) is 0 Å². The summed E-state index contributed by atoms with van der Waals surface area (Å²) in [4.78, 5) is 1.26. The zero-order valence-corrected chi connectivity index (χ0v) is 9.67. The molecule has 0 N–H and O–H groups in total. The predicted molar refractivity (Wildman–Crippen MR) is 65.9 cm³/mol. The van der Waals surface area contributed by atoms with Gasteiger partial charge < -0.3 is 4.52 Å². The Labute approximate surface area is 94.1 Å². The molecule has 0 amide bonds. The highest BCUT2D eigenvalue weighted by molar-refractivity contribution is 8.57. The van der Waals surface area contributed by atoms with Gasteiger partial charge in [-0.05, 0) is 23.5 Å². The predicted octanol–water partition coefficient (Wildman–Crippen LogP) is 3.81. The van der Waals surface area contributed by atoms with Gasteiger partial charge in [0.15, 0.2) is 7.35 Å². The molecule has 1 aliphatic rings. The molecule has 15 heavy (non-hydrogen) atoms. The lowest BCUT2D eigenvalue weighted by Crippen LogP contribution is -1.98. The van der Waals surface area contributed by atoms with Gasteiger partial charge in [0, 0.05) is 5.30 Å². The molecule has 1 aliphatic heterocycles. The monoisotopic (exact) mass is 232 g/mol. The molecule has 0 saturated heterocycles. The van der Waals surface area contributed by atoms with E-state index in [-0.39, 0.29) is 0 Å². The van der Waals surface area contributed by atoms with Crippen molar-refractivity contribution in [3.8, 4) is 5.75 Å². The molecule has 74 valence electrons. The van der Waals surface area contributed by atoms with Gasteiger partial charge >= 0.3 is 0 Å². The average molecular weight is 232 g/mol. The van der Waals surface area contributed by atoms with Crippen molar-refractivity contribution in [2.75, 3.05) is 0 Å². The Morgan fingerprint density at radius 2 is 1.60 bits per heavy atom. The van der Waals surface area contributed by atoms with Crippen LogP contribution in [0.25, 0.3) is 0 Å². The van der Waals surface area contributed by atoms with Crippen LogP contribution in [-0.4, -0.2) is 0 Å². The fraction of sp³-hybridized carbons (Fsp3) is 0. The van der Waals surface area contributed by atoms with E-state index in [2.05, 4.69) is 36.4 Å². The van der Waals surface area contributed by atoms with Gasteiger partial charge in [0.05, 0.1) is 4.90 Å². The smallest absolute Gasteiger partial charge is 0.184 e. The topological polar surface area (TPSA) is 9.23 Å². The SMILES string of the molecule is c1ccc(P2Oc3ccccc3S2)cc1. The van der Waals surface area contributed by atoms with Crippen molar-refractivity contribution in [2.24, 2.45) is 0 Å². The Bertz CT molecular complexity index is 447. The first kappa shape index (κ1) is 9.26. The third kappa shape index (κ3) is 1.75. The van der Waals surface area contributed by atoms with Gasteiger partial charge in [-0.15, -0.1) is 0 Å². The highest BCUT2D eigenvalue weighted by atomic mass is 32.7. The van der Waals surface area contributed by atoms with Crippen molar-refractivity contribution in [3.05, 3.63) is 54.6 Å². The van der Waals surface area contributed by atoms with Crippen LogP contribution in [0.4, 0.5) is 0 Å². The van der Waals surface area contributed by atoms with Crippen molar-refractivity contribution in [3.63, 3.8) is 0 Å². The van der Waals surface area contributed by atoms with Crippen molar-refractivity contribution in [2.45, 2.75) is 4.90 Å². The fourth-order valence-corrected chi connectivity index (χ4v) is 5.06. The Kier molecular flexibility index (Phi) is 2.40. The molecule has 0 fully saturated rings. The number of hydrogen-bond acceptors (Lipinski definition) is 2. The largest absolute Gasteiger partial charge is 0.457 e. The van der Waals surface area contributed by atoms with E-state index in [4.69, 9.17) is 4.52 Å². The van der Waals surface area contributed by atoms with Gasteiger partial charge in [-0.25, -0.2) is 0 Å². The summed E-state index contributed by atoms with van der Waals surface area (Å²) >= 11 is 1.83. The van der Waals surface area contributed by atoms with Gasteiger partial charge in [0.25, 0.3) is 0 Å². The quantitative estimate of drug-likeness (QED) is 0.691. The second-order valence-corrected chi connectivity index (χ2v) is 6.60. The third-order valence-electron chi connectivity index (χ3n) is 2.18. The summed E-state index contributed by atoms with van der Waals surface area (Å²) < 4.78 is 5.92. The average Bonchev–Trinajstić information content (AvgIpc) is 2.74. The molecule has 1 nitrogen and oxygen atoms in total. The van der Waals surface area contributed by atoms with E-state index in [1.165, 1.54) is 10.2 Å². The summed E-state index contributed by atoms with van der Waals surface area (Å²) in [6, 6.07) is 18.6. The lowest BCUT2D eigenvalue weighted by Gasteiger charge is -2.07. The minimum Gasteiger partial charge on any atom is -0.457 e. The second kappa shape index (κ2) is 3.88. The number of benzene rings is 2. The number of rotatable bonds is 1. The number of para-hydroxylation sites is 1. The van der Waals surface area contributed by atoms with Gasteiger partial charge in [-0.1, -0.05) is 42.5 Å². The molecule has 2 aromatic rings. The van der Waals surface area contributed by atoms with Gasteiger partial charge in [-0.2, -0.15) is 0 Å². The molecule has 1 unspecified atom stereocenters. The summed E-state index contributed by atoms with van der Waals surface area (Å²) in [5.74, 6) is 1.03. The number of fused-ring (bicyclic) bond motifs is 1. The molecular weight excluding hydrogens is 223 g/mol. The van der Waals surface area contributed by atoms with Crippen LogP contribution in [0, 0.1) is 0 Å². The molecule has 0 aromatic heterocycles.